The second-order valence-corrected chi connectivity index (χ2v) is 11.0. The Bertz CT molecular complexity index is 1080. The number of carbonyl (C=O) groups excluding carboxylic acids is 2. The molecular formula is C36H50O4. The molecule has 0 N–H and O–H groups in total. The summed E-state index contributed by atoms with van der Waals surface area (Å²) in [5.74, 6) is 0.232. The summed E-state index contributed by atoms with van der Waals surface area (Å²) in [5, 5.41) is 0. The van der Waals surface area contributed by atoms with Gasteiger partial charge in [-0.25, -0.2) is 9.59 Å². The lowest BCUT2D eigenvalue weighted by molar-refractivity contribution is -0.131. The Labute approximate surface area is 242 Å². The molecule has 0 aliphatic heterocycles. The molecule has 40 heavy (non-hydrogen) atoms. The molecule has 4 heteroatoms. The summed E-state index contributed by atoms with van der Waals surface area (Å²) in [6.45, 7) is 12.9. The minimum Gasteiger partial charge on any atom is -0.423 e. The van der Waals surface area contributed by atoms with Crippen molar-refractivity contribution >= 4 is 11.9 Å². The number of hydrogen-bond acceptors (Lipinski definition) is 4. The summed E-state index contributed by atoms with van der Waals surface area (Å²) < 4.78 is 11.0. The van der Waals surface area contributed by atoms with Crippen LogP contribution in [0.4, 0.5) is 0 Å². The van der Waals surface area contributed by atoms with Crippen molar-refractivity contribution in [3.05, 3.63) is 72.3 Å². The molecule has 2 aromatic carbocycles. The molecule has 0 heterocycles. The van der Waals surface area contributed by atoms with Crippen molar-refractivity contribution in [1.29, 1.82) is 0 Å². The molecule has 0 aliphatic rings. The van der Waals surface area contributed by atoms with Crippen molar-refractivity contribution in [1.82, 2.24) is 0 Å². The van der Waals surface area contributed by atoms with Gasteiger partial charge in [-0.15, -0.1) is 0 Å². The highest BCUT2D eigenvalue weighted by molar-refractivity contribution is 5.89. The Hall–Kier alpha value is -3.14. The van der Waals surface area contributed by atoms with Gasteiger partial charge in [0.05, 0.1) is 0 Å². The van der Waals surface area contributed by atoms with Gasteiger partial charge >= 0.3 is 11.9 Å². The van der Waals surface area contributed by atoms with Crippen LogP contribution >= 0.6 is 0 Å². The molecule has 218 valence electrons. The van der Waals surface area contributed by atoms with Crippen LogP contribution < -0.4 is 9.47 Å². The van der Waals surface area contributed by atoms with Gasteiger partial charge in [0, 0.05) is 11.1 Å². The van der Waals surface area contributed by atoms with E-state index in [1.807, 2.05) is 24.3 Å². The Morgan fingerprint density at radius 2 is 1.05 bits per heavy atom. The number of unbranched alkanes of at least 4 members (excludes halogenated alkanes) is 13. The van der Waals surface area contributed by atoms with Crippen LogP contribution in [0.3, 0.4) is 0 Å². The molecule has 0 bridgehead atoms. The number of carbonyl (C=O) groups is 2. The minimum atomic E-state index is -0.438. The van der Waals surface area contributed by atoms with E-state index in [-0.39, 0.29) is 0 Å². The quantitative estimate of drug-likeness (QED) is 0.0717. The molecule has 0 saturated carbocycles. The molecule has 0 fully saturated rings. The van der Waals surface area contributed by atoms with Gasteiger partial charge in [0.25, 0.3) is 0 Å². The highest BCUT2D eigenvalue weighted by Gasteiger charge is 2.12. The number of rotatable bonds is 20. The first-order valence-corrected chi connectivity index (χ1v) is 15.3. The van der Waals surface area contributed by atoms with E-state index in [0.29, 0.717) is 22.6 Å². The minimum absolute atomic E-state index is 0.358. The van der Waals surface area contributed by atoms with Crippen LogP contribution in [0.1, 0.15) is 116 Å². The predicted molar refractivity (Wildman–Crippen MR) is 167 cm³/mol. The summed E-state index contributed by atoms with van der Waals surface area (Å²) >= 11 is 0. The molecule has 2 aromatic rings. The third kappa shape index (κ3) is 12.8. The van der Waals surface area contributed by atoms with Crippen molar-refractivity contribution in [2.24, 2.45) is 0 Å². The van der Waals surface area contributed by atoms with E-state index in [1.165, 1.54) is 77.0 Å². The Balaban J connectivity index is 1.85. The summed E-state index contributed by atoms with van der Waals surface area (Å²) in [7, 11) is 0. The fourth-order valence-corrected chi connectivity index (χ4v) is 4.66. The number of aryl methyl sites for hydroxylation is 1. The number of ether oxygens (including phenoxy) is 2. The highest BCUT2D eigenvalue weighted by Crippen LogP contribution is 2.30. The standard InChI is InChI=1S/C36H50O4/c1-6-7-8-9-10-11-12-13-14-15-16-17-18-19-20-32-27-31(23-26-34(32)40-36(38)29(4)5)30-21-24-33(25-22-30)39-35(37)28(2)3/h21-27H,2,4,6-20H2,1,3,5H3. The van der Waals surface area contributed by atoms with Crippen molar-refractivity contribution in [3.63, 3.8) is 0 Å². The van der Waals surface area contributed by atoms with Crippen LogP contribution in [-0.2, 0) is 16.0 Å². The topological polar surface area (TPSA) is 52.6 Å². The smallest absolute Gasteiger partial charge is 0.338 e. The molecule has 0 aliphatic carbocycles. The lowest BCUT2D eigenvalue weighted by Crippen LogP contribution is -2.10. The van der Waals surface area contributed by atoms with E-state index in [2.05, 4.69) is 26.1 Å². The fraction of sp³-hybridized carbons (Fsp3) is 0.500. The lowest BCUT2D eigenvalue weighted by atomic mass is 9.98. The molecule has 0 aromatic heterocycles. The zero-order chi connectivity index (χ0) is 29.2. The lowest BCUT2D eigenvalue weighted by Gasteiger charge is -2.13. The zero-order valence-corrected chi connectivity index (χ0v) is 25.2. The van der Waals surface area contributed by atoms with E-state index in [9.17, 15) is 9.59 Å². The highest BCUT2D eigenvalue weighted by atomic mass is 16.5. The van der Waals surface area contributed by atoms with E-state index < -0.39 is 11.9 Å². The zero-order valence-electron chi connectivity index (χ0n) is 25.2. The molecule has 0 spiro atoms. The normalized spacial score (nSPS) is 10.8. The molecule has 0 saturated heterocycles. The van der Waals surface area contributed by atoms with Gasteiger partial charge < -0.3 is 9.47 Å². The molecule has 0 unspecified atom stereocenters. The van der Waals surface area contributed by atoms with Crippen molar-refractivity contribution < 1.29 is 19.1 Å². The summed E-state index contributed by atoms with van der Waals surface area (Å²) in [6, 6.07) is 13.3. The van der Waals surface area contributed by atoms with E-state index in [1.54, 1.807) is 26.0 Å². The molecule has 0 amide bonds. The predicted octanol–water partition coefficient (Wildman–Crippen LogP) is 10.3. The van der Waals surface area contributed by atoms with Gasteiger partial charge in [0.2, 0.25) is 0 Å². The first-order valence-electron chi connectivity index (χ1n) is 15.3. The van der Waals surface area contributed by atoms with Crippen molar-refractivity contribution in [2.45, 2.75) is 117 Å². The average Bonchev–Trinajstić information content (AvgIpc) is 2.94. The maximum Gasteiger partial charge on any atom is 0.338 e. The van der Waals surface area contributed by atoms with Gasteiger partial charge in [0.1, 0.15) is 11.5 Å². The monoisotopic (exact) mass is 546 g/mol. The SMILES string of the molecule is C=C(C)C(=O)Oc1ccc(-c2ccc(OC(=O)C(=C)C)c(CCCCCCCCCCCCCCCC)c2)cc1. The first kappa shape index (κ1) is 33.1. The second kappa shape index (κ2) is 19.0. The summed E-state index contributed by atoms with van der Waals surface area (Å²) in [5.41, 5.74) is 3.77. The molecule has 0 atom stereocenters. The largest absolute Gasteiger partial charge is 0.423 e. The Morgan fingerprint density at radius 1 is 0.600 bits per heavy atom. The van der Waals surface area contributed by atoms with Crippen LogP contribution in [0.5, 0.6) is 11.5 Å². The van der Waals surface area contributed by atoms with Crippen LogP contribution in [0.2, 0.25) is 0 Å². The molecule has 0 radical (unpaired) electrons. The second-order valence-electron chi connectivity index (χ2n) is 11.0. The van der Waals surface area contributed by atoms with Crippen LogP contribution in [0.25, 0.3) is 11.1 Å². The van der Waals surface area contributed by atoms with Crippen molar-refractivity contribution in [3.8, 4) is 22.6 Å². The van der Waals surface area contributed by atoms with Crippen molar-refractivity contribution in [2.75, 3.05) is 0 Å². The van der Waals surface area contributed by atoms with Crippen LogP contribution in [0, 0.1) is 0 Å². The van der Waals surface area contributed by atoms with Gasteiger partial charge in [-0.1, -0.05) is 122 Å². The first-order chi connectivity index (χ1) is 19.3. The third-order valence-electron chi connectivity index (χ3n) is 7.16. The van der Waals surface area contributed by atoms with Gasteiger partial charge in [-0.3, -0.25) is 0 Å². The average molecular weight is 547 g/mol. The number of hydrogen-bond donors (Lipinski definition) is 0. The molecule has 2 rings (SSSR count). The van der Waals surface area contributed by atoms with Crippen LogP contribution in [-0.4, -0.2) is 11.9 Å². The molecular weight excluding hydrogens is 496 g/mol. The third-order valence-corrected chi connectivity index (χ3v) is 7.16. The maximum atomic E-state index is 12.2. The summed E-state index contributed by atoms with van der Waals surface area (Å²) in [6.07, 6.45) is 19.3. The van der Waals surface area contributed by atoms with Gasteiger partial charge in [-0.2, -0.15) is 0 Å². The Kier molecular flexibility index (Phi) is 15.7. The van der Waals surface area contributed by atoms with Gasteiger partial charge in [0.15, 0.2) is 0 Å². The fourth-order valence-electron chi connectivity index (χ4n) is 4.66. The molecule has 4 nitrogen and oxygen atoms in total. The van der Waals surface area contributed by atoms with Gasteiger partial charge in [-0.05, 0) is 67.6 Å². The van der Waals surface area contributed by atoms with E-state index in [0.717, 1.165) is 36.0 Å². The number of esters is 2. The summed E-state index contributed by atoms with van der Waals surface area (Å²) in [4.78, 5) is 24.0. The Morgan fingerprint density at radius 3 is 1.55 bits per heavy atom. The maximum absolute atomic E-state index is 12.2. The van der Waals surface area contributed by atoms with E-state index in [4.69, 9.17) is 9.47 Å². The van der Waals surface area contributed by atoms with E-state index >= 15 is 0 Å². The van der Waals surface area contributed by atoms with Crippen LogP contribution in [0.15, 0.2) is 66.8 Å². The number of benzene rings is 2.